The number of nitro benzene ring substituents is 1. The van der Waals surface area contributed by atoms with E-state index >= 15 is 0 Å². The number of hydrogen-bond donors (Lipinski definition) is 1. The Labute approximate surface area is 183 Å². The van der Waals surface area contributed by atoms with E-state index in [-0.39, 0.29) is 11.6 Å². The van der Waals surface area contributed by atoms with Crippen LogP contribution in [-0.4, -0.2) is 15.8 Å². The first-order chi connectivity index (χ1) is 15.0. The molecule has 7 heteroatoms. The van der Waals surface area contributed by atoms with Gasteiger partial charge in [-0.05, 0) is 30.7 Å². The predicted molar refractivity (Wildman–Crippen MR) is 122 cm³/mol. The van der Waals surface area contributed by atoms with Crippen molar-refractivity contribution in [1.82, 2.24) is 10.3 Å². The van der Waals surface area contributed by atoms with Crippen LogP contribution in [0.25, 0.3) is 21.8 Å². The van der Waals surface area contributed by atoms with Gasteiger partial charge in [-0.25, -0.2) is 4.98 Å². The SMILES string of the molecule is Cc1cc(C(=O)NCc2cccc(-c3nc(-c4ccccc4)cs3)c2)ccc1[N+](=O)[O-]. The molecule has 4 aromatic rings. The Bertz CT molecular complexity index is 1250. The lowest BCUT2D eigenvalue weighted by Gasteiger charge is -2.07. The van der Waals surface area contributed by atoms with E-state index in [1.54, 1.807) is 18.3 Å². The Morgan fingerprint density at radius 3 is 2.55 bits per heavy atom. The smallest absolute Gasteiger partial charge is 0.272 e. The average Bonchev–Trinajstić information content (AvgIpc) is 3.28. The number of hydrogen-bond acceptors (Lipinski definition) is 5. The second kappa shape index (κ2) is 8.89. The summed E-state index contributed by atoms with van der Waals surface area (Å²) in [5.41, 5.74) is 4.80. The van der Waals surface area contributed by atoms with Crippen LogP contribution < -0.4 is 5.32 Å². The lowest BCUT2D eigenvalue weighted by atomic mass is 10.1. The summed E-state index contributed by atoms with van der Waals surface area (Å²) in [6.45, 7) is 1.97. The fourth-order valence-corrected chi connectivity index (χ4v) is 4.07. The molecule has 31 heavy (non-hydrogen) atoms. The largest absolute Gasteiger partial charge is 0.348 e. The number of nitrogens with zero attached hydrogens (tertiary/aromatic N) is 2. The normalized spacial score (nSPS) is 10.6. The van der Waals surface area contributed by atoms with E-state index in [0.29, 0.717) is 17.7 Å². The first kappa shape index (κ1) is 20.4. The second-order valence-electron chi connectivity index (χ2n) is 7.05. The number of aryl methyl sites for hydroxylation is 1. The Morgan fingerprint density at radius 2 is 1.81 bits per heavy atom. The molecule has 0 aliphatic rings. The van der Waals surface area contributed by atoms with Crippen molar-refractivity contribution < 1.29 is 9.72 Å². The molecule has 4 rings (SSSR count). The molecule has 0 saturated heterocycles. The summed E-state index contributed by atoms with van der Waals surface area (Å²) < 4.78 is 0. The van der Waals surface area contributed by atoms with Gasteiger partial charge in [-0.15, -0.1) is 11.3 Å². The van der Waals surface area contributed by atoms with Gasteiger partial charge in [-0.2, -0.15) is 0 Å². The molecule has 0 aliphatic heterocycles. The zero-order chi connectivity index (χ0) is 21.8. The van der Waals surface area contributed by atoms with Gasteiger partial charge in [-0.3, -0.25) is 14.9 Å². The van der Waals surface area contributed by atoms with Crippen molar-refractivity contribution >= 4 is 22.9 Å². The average molecular weight is 430 g/mol. The zero-order valence-electron chi connectivity index (χ0n) is 16.7. The number of nitrogens with one attached hydrogen (secondary N) is 1. The van der Waals surface area contributed by atoms with E-state index in [9.17, 15) is 14.9 Å². The van der Waals surface area contributed by atoms with E-state index in [1.807, 2.05) is 60.0 Å². The summed E-state index contributed by atoms with van der Waals surface area (Å²) >= 11 is 1.58. The number of rotatable bonds is 6. The van der Waals surface area contributed by atoms with Gasteiger partial charge in [0.2, 0.25) is 0 Å². The summed E-state index contributed by atoms with van der Waals surface area (Å²) in [6.07, 6.45) is 0. The summed E-state index contributed by atoms with van der Waals surface area (Å²) in [7, 11) is 0. The maximum atomic E-state index is 12.5. The van der Waals surface area contributed by atoms with Crippen LogP contribution in [-0.2, 0) is 6.54 Å². The predicted octanol–water partition coefficient (Wildman–Crippen LogP) is 5.62. The van der Waals surface area contributed by atoms with E-state index in [4.69, 9.17) is 4.98 Å². The first-order valence-corrected chi connectivity index (χ1v) is 10.5. The quantitative estimate of drug-likeness (QED) is 0.318. The molecule has 0 saturated carbocycles. The highest BCUT2D eigenvalue weighted by Gasteiger charge is 2.14. The minimum atomic E-state index is -0.454. The molecule has 0 fully saturated rings. The maximum Gasteiger partial charge on any atom is 0.272 e. The van der Waals surface area contributed by atoms with Crippen LogP contribution >= 0.6 is 11.3 Å². The van der Waals surface area contributed by atoms with Crippen molar-refractivity contribution in [2.24, 2.45) is 0 Å². The minimum Gasteiger partial charge on any atom is -0.348 e. The van der Waals surface area contributed by atoms with Crippen molar-refractivity contribution in [2.45, 2.75) is 13.5 Å². The van der Waals surface area contributed by atoms with Crippen molar-refractivity contribution in [1.29, 1.82) is 0 Å². The number of carbonyl (C=O) groups excluding carboxylic acids is 1. The fraction of sp³-hybridized carbons (Fsp3) is 0.0833. The topological polar surface area (TPSA) is 85.1 Å². The van der Waals surface area contributed by atoms with Crippen molar-refractivity contribution in [3.05, 3.63) is 105 Å². The van der Waals surface area contributed by atoms with Crippen molar-refractivity contribution in [3.63, 3.8) is 0 Å². The lowest BCUT2D eigenvalue weighted by Crippen LogP contribution is -2.22. The van der Waals surface area contributed by atoms with Crippen LogP contribution in [0.1, 0.15) is 21.5 Å². The van der Waals surface area contributed by atoms with Gasteiger partial charge in [0.15, 0.2) is 0 Å². The van der Waals surface area contributed by atoms with Gasteiger partial charge in [0.1, 0.15) is 5.01 Å². The standard InChI is InChI=1S/C24H19N3O3S/c1-16-12-19(10-11-22(16)27(29)30)23(28)25-14-17-6-5-9-20(13-17)24-26-21(15-31-24)18-7-3-2-4-8-18/h2-13,15H,14H2,1H3,(H,25,28). The monoisotopic (exact) mass is 429 g/mol. The molecule has 1 amide bonds. The number of nitro groups is 1. The van der Waals surface area contributed by atoms with Gasteiger partial charge in [0, 0.05) is 40.2 Å². The second-order valence-corrected chi connectivity index (χ2v) is 7.90. The van der Waals surface area contributed by atoms with Crippen molar-refractivity contribution in [2.75, 3.05) is 0 Å². The first-order valence-electron chi connectivity index (χ1n) is 9.65. The zero-order valence-corrected chi connectivity index (χ0v) is 17.6. The fourth-order valence-electron chi connectivity index (χ4n) is 3.25. The third-order valence-corrected chi connectivity index (χ3v) is 5.75. The maximum absolute atomic E-state index is 12.5. The molecule has 0 radical (unpaired) electrons. The van der Waals surface area contributed by atoms with Crippen LogP contribution in [0.4, 0.5) is 5.69 Å². The van der Waals surface area contributed by atoms with E-state index < -0.39 is 4.92 Å². The number of aromatic nitrogens is 1. The highest BCUT2D eigenvalue weighted by molar-refractivity contribution is 7.13. The summed E-state index contributed by atoms with van der Waals surface area (Å²) in [5.74, 6) is -0.274. The van der Waals surface area contributed by atoms with Gasteiger partial charge in [0.05, 0.1) is 10.6 Å². The Morgan fingerprint density at radius 1 is 1.03 bits per heavy atom. The molecule has 154 valence electrons. The van der Waals surface area contributed by atoms with Crippen LogP contribution in [0.3, 0.4) is 0 Å². The third-order valence-electron chi connectivity index (χ3n) is 4.86. The Hall–Kier alpha value is -3.84. The molecular weight excluding hydrogens is 410 g/mol. The Balaban J connectivity index is 1.46. The van der Waals surface area contributed by atoms with Crippen LogP contribution in [0.15, 0.2) is 78.2 Å². The summed E-state index contributed by atoms with van der Waals surface area (Å²) in [6, 6.07) is 22.3. The summed E-state index contributed by atoms with van der Waals surface area (Å²) in [4.78, 5) is 27.7. The number of thiazole rings is 1. The van der Waals surface area contributed by atoms with Crippen LogP contribution in [0, 0.1) is 17.0 Å². The van der Waals surface area contributed by atoms with E-state index in [0.717, 1.165) is 27.4 Å². The van der Waals surface area contributed by atoms with Crippen LogP contribution in [0.5, 0.6) is 0 Å². The molecule has 1 aromatic heterocycles. The molecule has 6 nitrogen and oxygen atoms in total. The number of benzene rings is 3. The van der Waals surface area contributed by atoms with E-state index in [1.165, 1.54) is 18.2 Å². The molecule has 0 spiro atoms. The number of carbonyl (C=O) groups is 1. The van der Waals surface area contributed by atoms with E-state index in [2.05, 4.69) is 5.32 Å². The molecule has 1 N–H and O–H groups in total. The molecule has 0 bridgehead atoms. The molecule has 0 aliphatic carbocycles. The van der Waals surface area contributed by atoms with Crippen LogP contribution in [0.2, 0.25) is 0 Å². The molecule has 1 heterocycles. The Kier molecular flexibility index (Phi) is 5.86. The minimum absolute atomic E-state index is 0.00238. The third kappa shape index (κ3) is 4.67. The molecule has 3 aromatic carbocycles. The van der Waals surface area contributed by atoms with Gasteiger partial charge in [-0.1, -0.05) is 48.5 Å². The lowest BCUT2D eigenvalue weighted by molar-refractivity contribution is -0.385. The van der Waals surface area contributed by atoms with Crippen molar-refractivity contribution in [3.8, 4) is 21.8 Å². The van der Waals surface area contributed by atoms with Gasteiger partial charge >= 0.3 is 0 Å². The molecule has 0 unspecified atom stereocenters. The number of amides is 1. The highest BCUT2D eigenvalue weighted by Crippen LogP contribution is 2.29. The summed E-state index contributed by atoms with van der Waals surface area (Å²) in [5, 5.41) is 16.8. The van der Waals surface area contributed by atoms with Gasteiger partial charge in [0.25, 0.3) is 11.6 Å². The van der Waals surface area contributed by atoms with Gasteiger partial charge < -0.3 is 5.32 Å². The highest BCUT2D eigenvalue weighted by atomic mass is 32.1. The molecule has 0 atom stereocenters. The molecular formula is C24H19N3O3S.